The number of nitrogens with zero attached hydrogens (tertiary/aromatic N) is 1. The zero-order chi connectivity index (χ0) is 15.6. The van der Waals surface area contributed by atoms with Gasteiger partial charge in [-0.25, -0.2) is 0 Å². The van der Waals surface area contributed by atoms with E-state index in [1.54, 1.807) is 18.2 Å². The van der Waals surface area contributed by atoms with Gasteiger partial charge in [-0.05, 0) is 30.7 Å². The Balaban J connectivity index is 2.28. The molecule has 0 aliphatic heterocycles. The number of phenolic OH excluding ortho intramolecular Hbond substituents is 1. The molecule has 0 aliphatic carbocycles. The minimum Gasteiger partial charge on any atom is -0.506 e. The number of hydrogen-bond donors (Lipinski definition) is 2. The Kier molecular flexibility index (Phi) is 4.55. The molecule has 0 saturated heterocycles. The van der Waals surface area contributed by atoms with E-state index in [1.165, 1.54) is 12.1 Å². The number of rotatable bonds is 4. The number of benzene rings is 2. The van der Waals surface area contributed by atoms with E-state index >= 15 is 0 Å². The van der Waals surface area contributed by atoms with Crippen LogP contribution in [0.3, 0.4) is 0 Å². The van der Waals surface area contributed by atoms with Crippen molar-refractivity contribution in [3.05, 3.63) is 61.6 Å². The summed E-state index contributed by atoms with van der Waals surface area (Å²) < 4.78 is 0. The molecule has 0 bridgehead atoms. The normalized spacial score (nSPS) is 10.4. The molecule has 0 heterocycles. The lowest BCUT2D eigenvalue weighted by molar-refractivity contribution is -0.384. The minimum absolute atomic E-state index is 0.0341. The molecule has 21 heavy (non-hydrogen) atoms. The standard InChI is InChI=1S/C14H12Cl2N2O3/c1-8-2-3-13(18(20)21)12(4-8)17-7-9-5-10(15)6-11(16)14(9)19/h2-6,17,19H,7H2,1H3. The Morgan fingerprint density at radius 3 is 2.67 bits per heavy atom. The molecule has 7 heteroatoms. The molecule has 2 N–H and O–H groups in total. The number of aryl methyl sites for hydroxylation is 1. The van der Waals surface area contributed by atoms with Crippen LogP contribution in [0.1, 0.15) is 11.1 Å². The number of hydrogen-bond acceptors (Lipinski definition) is 4. The molecule has 5 nitrogen and oxygen atoms in total. The summed E-state index contributed by atoms with van der Waals surface area (Å²) in [5.41, 5.74) is 1.68. The molecule has 2 aromatic rings. The number of nitro groups is 1. The van der Waals surface area contributed by atoms with E-state index in [9.17, 15) is 15.2 Å². The predicted molar refractivity (Wildman–Crippen MR) is 83.3 cm³/mol. The van der Waals surface area contributed by atoms with Gasteiger partial charge in [0.2, 0.25) is 0 Å². The number of anilines is 1. The summed E-state index contributed by atoms with van der Waals surface area (Å²) in [6.07, 6.45) is 0. The number of aromatic hydroxyl groups is 1. The maximum absolute atomic E-state index is 11.0. The van der Waals surface area contributed by atoms with Gasteiger partial charge >= 0.3 is 0 Å². The van der Waals surface area contributed by atoms with Crippen LogP contribution >= 0.6 is 23.2 Å². The van der Waals surface area contributed by atoms with Gasteiger partial charge in [0, 0.05) is 23.2 Å². The monoisotopic (exact) mass is 326 g/mol. The number of halogens is 2. The van der Waals surface area contributed by atoms with Gasteiger partial charge < -0.3 is 10.4 Å². The topological polar surface area (TPSA) is 75.4 Å². The van der Waals surface area contributed by atoms with Crippen molar-refractivity contribution in [2.45, 2.75) is 13.5 Å². The lowest BCUT2D eigenvalue weighted by atomic mass is 10.1. The van der Waals surface area contributed by atoms with Crippen LogP contribution < -0.4 is 5.32 Å². The fourth-order valence-electron chi connectivity index (χ4n) is 1.90. The quantitative estimate of drug-likeness (QED) is 0.639. The first-order valence-corrected chi connectivity index (χ1v) is 6.80. The van der Waals surface area contributed by atoms with E-state index in [0.717, 1.165) is 5.56 Å². The molecule has 110 valence electrons. The molecule has 0 aromatic heterocycles. The molecule has 0 aliphatic rings. The highest BCUT2D eigenvalue weighted by molar-refractivity contribution is 6.35. The smallest absolute Gasteiger partial charge is 0.292 e. The lowest BCUT2D eigenvalue weighted by Gasteiger charge is -2.10. The molecular formula is C14H12Cl2N2O3. The first kappa shape index (κ1) is 15.4. The average molecular weight is 327 g/mol. The summed E-state index contributed by atoms with van der Waals surface area (Å²) in [5.74, 6) is -0.0936. The second-order valence-corrected chi connectivity index (χ2v) is 5.37. The van der Waals surface area contributed by atoms with Crippen molar-refractivity contribution >= 4 is 34.6 Å². The molecule has 0 unspecified atom stereocenters. The highest BCUT2D eigenvalue weighted by Gasteiger charge is 2.14. The molecule has 2 rings (SSSR count). The van der Waals surface area contributed by atoms with Crippen LogP contribution in [-0.4, -0.2) is 10.0 Å². The third-order valence-electron chi connectivity index (χ3n) is 2.93. The van der Waals surface area contributed by atoms with Crippen LogP contribution in [0.2, 0.25) is 10.0 Å². The van der Waals surface area contributed by atoms with Crippen LogP contribution in [0.25, 0.3) is 0 Å². The Hall–Kier alpha value is -1.98. The number of nitrogens with one attached hydrogen (secondary N) is 1. The molecule has 0 saturated carbocycles. The fraction of sp³-hybridized carbons (Fsp3) is 0.143. The van der Waals surface area contributed by atoms with Gasteiger partial charge in [0.15, 0.2) is 0 Å². The van der Waals surface area contributed by atoms with Crippen LogP contribution in [0.4, 0.5) is 11.4 Å². The number of phenols is 1. The molecule has 0 fully saturated rings. The van der Waals surface area contributed by atoms with Gasteiger partial charge in [0.1, 0.15) is 11.4 Å². The van der Waals surface area contributed by atoms with Gasteiger partial charge in [-0.15, -0.1) is 0 Å². The minimum atomic E-state index is -0.466. The van der Waals surface area contributed by atoms with Crippen molar-refractivity contribution in [1.29, 1.82) is 0 Å². The zero-order valence-electron chi connectivity index (χ0n) is 11.1. The largest absolute Gasteiger partial charge is 0.506 e. The van der Waals surface area contributed by atoms with Gasteiger partial charge in [0.25, 0.3) is 5.69 Å². The second-order valence-electron chi connectivity index (χ2n) is 4.53. The molecule has 0 spiro atoms. The third-order valence-corrected chi connectivity index (χ3v) is 3.43. The van der Waals surface area contributed by atoms with Crippen LogP contribution in [0.5, 0.6) is 5.75 Å². The Labute approximate surface area is 131 Å². The fourth-order valence-corrected chi connectivity index (χ4v) is 2.43. The summed E-state index contributed by atoms with van der Waals surface area (Å²) in [5, 5.41) is 24.3. The molecule has 0 amide bonds. The van der Waals surface area contributed by atoms with Crippen molar-refractivity contribution < 1.29 is 10.0 Å². The Bertz CT molecular complexity index is 705. The van der Waals surface area contributed by atoms with Crippen molar-refractivity contribution in [2.75, 3.05) is 5.32 Å². The third kappa shape index (κ3) is 3.56. The Morgan fingerprint density at radius 2 is 2.00 bits per heavy atom. The number of nitro benzene ring substituents is 1. The highest BCUT2D eigenvalue weighted by atomic mass is 35.5. The van der Waals surface area contributed by atoms with Crippen molar-refractivity contribution in [3.63, 3.8) is 0 Å². The second kappa shape index (κ2) is 6.20. The molecule has 2 aromatic carbocycles. The lowest BCUT2D eigenvalue weighted by Crippen LogP contribution is -2.03. The maximum Gasteiger partial charge on any atom is 0.292 e. The van der Waals surface area contributed by atoms with Gasteiger partial charge in [-0.2, -0.15) is 0 Å². The zero-order valence-corrected chi connectivity index (χ0v) is 12.6. The molecule has 0 radical (unpaired) electrons. The summed E-state index contributed by atoms with van der Waals surface area (Å²) in [4.78, 5) is 10.5. The van der Waals surface area contributed by atoms with Gasteiger partial charge in [-0.1, -0.05) is 29.3 Å². The maximum atomic E-state index is 11.0. The van der Waals surface area contributed by atoms with E-state index in [2.05, 4.69) is 5.32 Å². The van der Waals surface area contributed by atoms with Crippen LogP contribution in [0, 0.1) is 17.0 Å². The Morgan fingerprint density at radius 1 is 1.29 bits per heavy atom. The summed E-state index contributed by atoms with van der Waals surface area (Å²) in [6, 6.07) is 7.75. The predicted octanol–water partition coefficient (Wildman–Crippen LogP) is 4.53. The summed E-state index contributed by atoms with van der Waals surface area (Å²) >= 11 is 11.7. The van der Waals surface area contributed by atoms with Crippen molar-refractivity contribution in [1.82, 2.24) is 0 Å². The van der Waals surface area contributed by atoms with E-state index in [1.807, 2.05) is 6.92 Å². The van der Waals surface area contributed by atoms with Gasteiger partial charge in [0.05, 0.1) is 9.95 Å². The van der Waals surface area contributed by atoms with E-state index in [-0.39, 0.29) is 23.0 Å². The molecular weight excluding hydrogens is 315 g/mol. The van der Waals surface area contributed by atoms with E-state index < -0.39 is 4.92 Å². The van der Waals surface area contributed by atoms with E-state index in [4.69, 9.17) is 23.2 Å². The first-order chi connectivity index (χ1) is 9.88. The van der Waals surface area contributed by atoms with Gasteiger partial charge in [-0.3, -0.25) is 10.1 Å². The van der Waals surface area contributed by atoms with E-state index in [0.29, 0.717) is 16.3 Å². The summed E-state index contributed by atoms with van der Waals surface area (Å²) in [7, 11) is 0. The SMILES string of the molecule is Cc1ccc([N+](=O)[O-])c(NCc2cc(Cl)cc(Cl)c2O)c1. The van der Waals surface area contributed by atoms with Crippen molar-refractivity contribution in [2.24, 2.45) is 0 Å². The summed E-state index contributed by atoms with van der Waals surface area (Å²) in [6.45, 7) is 2.00. The first-order valence-electron chi connectivity index (χ1n) is 6.04. The van der Waals surface area contributed by atoms with Crippen LogP contribution in [0.15, 0.2) is 30.3 Å². The molecule has 0 atom stereocenters. The van der Waals surface area contributed by atoms with Crippen LogP contribution in [-0.2, 0) is 6.54 Å². The average Bonchev–Trinajstić information content (AvgIpc) is 2.40. The van der Waals surface area contributed by atoms with Crippen molar-refractivity contribution in [3.8, 4) is 5.75 Å². The highest BCUT2D eigenvalue weighted by Crippen LogP contribution is 2.32.